The lowest BCUT2D eigenvalue weighted by Crippen LogP contribution is -2.11. The second-order valence-corrected chi connectivity index (χ2v) is 3.75. The van der Waals surface area contributed by atoms with E-state index in [1.54, 1.807) is 0 Å². The Labute approximate surface area is 105 Å². The SMILES string of the molecule is COc1c(Cl)ncnc1NCCCCC(N)=O. The number of methoxy groups -OCH3 is 1. The number of unbranched alkanes of at least 4 members (excludes halogenated alkanes) is 1. The van der Waals surface area contributed by atoms with Crippen LogP contribution in [0.1, 0.15) is 19.3 Å². The molecule has 3 N–H and O–H groups in total. The highest BCUT2D eigenvalue weighted by molar-refractivity contribution is 6.31. The summed E-state index contributed by atoms with van der Waals surface area (Å²) in [7, 11) is 1.50. The van der Waals surface area contributed by atoms with Crippen molar-refractivity contribution in [1.82, 2.24) is 9.97 Å². The van der Waals surface area contributed by atoms with E-state index < -0.39 is 0 Å². The van der Waals surface area contributed by atoms with Crippen molar-refractivity contribution in [3.8, 4) is 5.75 Å². The molecule has 0 atom stereocenters. The van der Waals surface area contributed by atoms with Crippen LogP contribution in [0.2, 0.25) is 5.15 Å². The molecule has 1 amide bonds. The number of carbonyl (C=O) groups is 1. The van der Waals surface area contributed by atoms with Crippen molar-refractivity contribution < 1.29 is 9.53 Å². The highest BCUT2D eigenvalue weighted by Crippen LogP contribution is 2.28. The van der Waals surface area contributed by atoms with Crippen LogP contribution < -0.4 is 15.8 Å². The van der Waals surface area contributed by atoms with Gasteiger partial charge < -0.3 is 15.8 Å². The van der Waals surface area contributed by atoms with E-state index in [1.165, 1.54) is 13.4 Å². The first-order chi connectivity index (χ1) is 8.15. The molecule has 0 aromatic carbocycles. The second-order valence-electron chi connectivity index (χ2n) is 3.40. The number of hydrogen-bond acceptors (Lipinski definition) is 5. The number of carbonyl (C=O) groups excluding carboxylic acids is 1. The Bertz CT molecular complexity index is 387. The number of halogens is 1. The van der Waals surface area contributed by atoms with Crippen LogP contribution in [0.15, 0.2) is 6.33 Å². The summed E-state index contributed by atoms with van der Waals surface area (Å²) in [5, 5.41) is 3.33. The molecular formula is C10H15ClN4O2. The maximum Gasteiger partial charge on any atom is 0.217 e. The molecule has 1 rings (SSSR count). The number of rotatable bonds is 7. The number of nitrogens with zero attached hydrogens (tertiary/aromatic N) is 2. The van der Waals surface area contributed by atoms with E-state index >= 15 is 0 Å². The molecule has 0 aliphatic heterocycles. The van der Waals surface area contributed by atoms with Crippen LogP contribution in [0.4, 0.5) is 5.82 Å². The average Bonchev–Trinajstić information content (AvgIpc) is 2.28. The zero-order valence-corrected chi connectivity index (χ0v) is 10.3. The molecule has 0 bridgehead atoms. The summed E-state index contributed by atoms with van der Waals surface area (Å²) in [5.41, 5.74) is 5.03. The first-order valence-corrected chi connectivity index (χ1v) is 5.59. The van der Waals surface area contributed by atoms with Crippen LogP contribution in [0.25, 0.3) is 0 Å². The fourth-order valence-electron chi connectivity index (χ4n) is 1.29. The van der Waals surface area contributed by atoms with Gasteiger partial charge in [0.1, 0.15) is 6.33 Å². The number of hydrogen-bond donors (Lipinski definition) is 2. The zero-order valence-electron chi connectivity index (χ0n) is 9.57. The molecule has 6 nitrogen and oxygen atoms in total. The molecule has 1 aromatic rings. The summed E-state index contributed by atoms with van der Waals surface area (Å²) >= 11 is 5.83. The van der Waals surface area contributed by atoms with Crippen molar-refractivity contribution in [1.29, 1.82) is 0 Å². The third-order valence-electron chi connectivity index (χ3n) is 2.11. The Morgan fingerprint density at radius 1 is 1.53 bits per heavy atom. The number of aromatic nitrogens is 2. The summed E-state index contributed by atoms with van der Waals surface area (Å²) in [6.07, 6.45) is 3.30. The molecule has 0 aliphatic carbocycles. The number of primary amides is 1. The number of anilines is 1. The van der Waals surface area contributed by atoms with Crippen LogP contribution in [0.3, 0.4) is 0 Å². The van der Waals surface area contributed by atoms with Crippen molar-refractivity contribution in [3.63, 3.8) is 0 Å². The number of ether oxygens (including phenoxy) is 1. The summed E-state index contributed by atoms with van der Waals surface area (Å²) in [6.45, 7) is 0.664. The molecule has 7 heteroatoms. The third kappa shape index (κ3) is 4.44. The van der Waals surface area contributed by atoms with E-state index in [4.69, 9.17) is 22.1 Å². The van der Waals surface area contributed by atoms with Crippen LogP contribution in [-0.2, 0) is 4.79 Å². The molecule has 0 unspecified atom stereocenters. The van der Waals surface area contributed by atoms with Crippen molar-refractivity contribution >= 4 is 23.3 Å². The molecule has 17 heavy (non-hydrogen) atoms. The van der Waals surface area contributed by atoms with E-state index in [9.17, 15) is 4.79 Å². The number of nitrogens with two attached hydrogens (primary N) is 1. The Hall–Kier alpha value is -1.56. The van der Waals surface area contributed by atoms with Crippen LogP contribution in [-0.4, -0.2) is 29.5 Å². The Morgan fingerprint density at radius 3 is 2.94 bits per heavy atom. The van der Waals surface area contributed by atoms with E-state index in [1.807, 2.05) is 0 Å². The molecule has 0 fully saturated rings. The Kier molecular flexibility index (Phi) is 5.48. The molecule has 0 saturated heterocycles. The van der Waals surface area contributed by atoms with Crippen molar-refractivity contribution in [3.05, 3.63) is 11.5 Å². The molecule has 0 aliphatic rings. The van der Waals surface area contributed by atoms with E-state index in [0.717, 1.165) is 12.8 Å². The molecule has 1 aromatic heterocycles. The Morgan fingerprint density at radius 2 is 2.29 bits per heavy atom. The molecule has 0 spiro atoms. The van der Waals surface area contributed by atoms with Gasteiger partial charge in [-0.05, 0) is 12.8 Å². The van der Waals surface area contributed by atoms with Gasteiger partial charge in [0.25, 0.3) is 0 Å². The van der Waals surface area contributed by atoms with Gasteiger partial charge in [-0.25, -0.2) is 9.97 Å². The van der Waals surface area contributed by atoms with Crippen molar-refractivity contribution in [2.45, 2.75) is 19.3 Å². The quantitative estimate of drug-likeness (QED) is 0.567. The summed E-state index contributed by atoms with van der Waals surface area (Å²) in [4.78, 5) is 18.3. The highest BCUT2D eigenvalue weighted by atomic mass is 35.5. The monoisotopic (exact) mass is 258 g/mol. The minimum Gasteiger partial charge on any atom is -0.490 e. The molecule has 0 saturated carbocycles. The highest BCUT2D eigenvalue weighted by Gasteiger charge is 2.09. The maximum atomic E-state index is 10.5. The molecule has 94 valence electrons. The lowest BCUT2D eigenvalue weighted by atomic mass is 10.2. The predicted octanol–water partition coefficient (Wildman–Crippen LogP) is 1.21. The largest absolute Gasteiger partial charge is 0.490 e. The van der Waals surface area contributed by atoms with Crippen molar-refractivity contribution in [2.24, 2.45) is 5.73 Å². The lowest BCUT2D eigenvalue weighted by molar-refractivity contribution is -0.118. The average molecular weight is 259 g/mol. The van der Waals surface area contributed by atoms with Crippen LogP contribution in [0.5, 0.6) is 5.75 Å². The predicted molar refractivity (Wildman–Crippen MR) is 65.1 cm³/mol. The summed E-state index contributed by atoms with van der Waals surface area (Å²) in [6, 6.07) is 0. The molecule has 0 radical (unpaired) electrons. The van der Waals surface area contributed by atoms with Gasteiger partial charge in [-0.15, -0.1) is 0 Å². The minimum atomic E-state index is -0.285. The lowest BCUT2D eigenvalue weighted by Gasteiger charge is -2.09. The molecule has 1 heterocycles. The Balaban J connectivity index is 2.41. The summed E-state index contributed by atoms with van der Waals surface area (Å²) in [5.74, 6) is 0.684. The normalized spacial score (nSPS) is 10.0. The van der Waals surface area contributed by atoms with Gasteiger partial charge in [-0.1, -0.05) is 11.6 Å². The number of amides is 1. The zero-order chi connectivity index (χ0) is 12.7. The fourth-order valence-corrected chi connectivity index (χ4v) is 1.50. The first-order valence-electron chi connectivity index (χ1n) is 5.21. The van der Waals surface area contributed by atoms with Gasteiger partial charge in [0.15, 0.2) is 16.7 Å². The van der Waals surface area contributed by atoms with Gasteiger partial charge in [0.2, 0.25) is 5.91 Å². The van der Waals surface area contributed by atoms with Gasteiger partial charge in [0.05, 0.1) is 7.11 Å². The minimum absolute atomic E-state index is 0.266. The van der Waals surface area contributed by atoms with E-state index in [0.29, 0.717) is 24.5 Å². The second kappa shape index (κ2) is 6.90. The third-order valence-corrected chi connectivity index (χ3v) is 2.38. The maximum absolute atomic E-state index is 10.5. The topological polar surface area (TPSA) is 90.1 Å². The smallest absolute Gasteiger partial charge is 0.217 e. The first kappa shape index (κ1) is 13.5. The van der Waals surface area contributed by atoms with Gasteiger partial charge in [-0.3, -0.25) is 4.79 Å². The van der Waals surface area contributed by atoms with E-state index in [2.05, 4.69) is 15.3 Å². The summed E-state index contributed by atoms with van der Waals surface area (Å²) < 4.78 is 5.08. The van der Waals surface area contributed by atoms with Crippen molar-refractivity contribution in [2.75, 3.05) is 19.0 Å². The fraction of sp³-hybridized carbons (Fsp3) is 0.500. The van der Waals surface area contributed by atoms with Crippen LogP contribution in [0, 0.1) is 0 Å². The van der Waals surface area contributed by atoms with E-state index in [-0.39, 0.29) is 11.1 Å². The van der Waals surface area contributed by atoms with Gasteiger partial charge in [-0.2, -0.15) is 0 Å². The number of nitrogens with one attached hydrogen (secondary N) is 1. The van der Waals surface area contributed by atoms with Gasteiger partial charge in [0, 0.05) is 13.0 Å². The standard InChI is InChI=1S/C10H15ClN4O2/c1-17-8-9(11)14-6-15-10(8)13-5-3-2-4-7(12)16/h6H,2-5H2,1H3,(H2,12,16)(H,13,14,15). The van der Waals surface area contributed by atoms with Gasteiger partial charge >= 0.3 is 0 Å². The molecular weight excluding hydrogens is 244 g/mol. The van der Waals surface area contributed by atoms with Crippen LogP contribution >= 0.6 is 11.6 Å².